The number of benzene rings is 1. The van der Waals surface area contributed by atoms with Gasteiger partial charge in [0.2, 0.25) is 0 Å². The van der Waals surface area contributed by atoms with Crippen molar-refractivity contribution in [3.63, 3.8) is 0 Å². The van der Waals surface area contributed by atoms with E-state index in [0.29, 0.717) is 16.4 Å². The highest BCUT2D eigenvalue weighted by atomic mass is 32.2. The third-order valence-corrected chi connectivity index (χ3v) is 4.77. The molecule has 1 saturated heterocycles. The van der Waals surface area contributed by atoms with Gasteiger partial charge in [0.1, 0.15) is 0 Å². The van der Waals surface area contributed by atoms with Gasteiger partial charge < -0.3 is 4.90 Å². The Morgan fingerprint density at radius 1 is 1.40 bits per heavy atom. The van der Waals surface area contributed by atoms with Crippen molar-refractivity contribution >= 4 is 17.7 Å². The summed E-state index contributed by atoms with van der Waals surface area (Å²) in [6.45, 7) is 3.86. The van der Waals surface area contributed by atoms with Crippen molar-refractivity contribution in [2.75, 3.05) is 18.8 Å². The summed E-state index contributed by atoms with van der Waals surface area (Å²) in [4.78, 5) is 14.5. The minimum atomic E-state index is 0.0955. The molecule has 20 heavy (non-hydrogen) atoms. The van der Waals surface area contributed by atoms with Crippen molar-refractivity contribution in [3.8, 4) is 6.07 Å². The fourth-order valence-electron chi connectivity index (χ4n) is 2.53. The minimum absolute atomic E-state index is 0.0955. The number of hydrogen-bond donors (Lipinski definition) is 0. The van der Waals surface area contributed by atoms with Crippen LogP contribution in [-0.2, 0) is 0 Å². The van der Waals surface area contributed by atoms with Crippen LogP contribution < -0.4 is 0 Å². The van der Waals surface area contributed by atoms with Crippen LogP contribution in [0.15, 0.2) is 24.3 Å². The van der Waals surface area contributed by atoms with Crippen LogP contribution >= 0.6 is 11.8 Å². The van der Waals surface area contributed by atoms with Crippen LogP contribution in [0.1, 0.15) is 42.1 Å². The molecule has 0 aromatic heterocycles. The molecule has 0 saturated carbocycles. The van der Waals surface area contributed by atoms with Gasteiger partial charge >= 0.3 is 0 Å². The molecule has 1 heterocycles. The lowest BCUT2D eigenvalue weighted by Crippen LogP contribution is -2.35. The molecule has 1 atom stereocenters. The van der Waals surface area contributed by atoms with Crippen molar-refractivity contribution in [2.24, 2.45) is 0 Å². The van der Waals surface area contributed by atoms with Gasteiger partial charge in [0.05, 0.1) is 11.6 Å². The summed E-state index contributed by atoms with van der Waals surface area (Å²) in [5.74, 6) is 1.20. The van der Waals surface area contributed by atoms with Gasteiger partial charge in [-0.2, -0.15) is 17.0 Å². The summed E-state index contributed by atoms with van der Waals surface area (Å²) >= 11 is 1.95. The Labute approximate surface area is 125 Å². The molecule has 0 N–H and O–H groups in total. The van der Waals surface area contributed by atoms with E-state index in [1.807, 2.05) is 16.7 Å². The minimum Gasteiger partial charge on any atom is -0.338 e. The Kier molecular flexibility index (Phi) is 5.49. The molecule has 2 rings (SSSR count). The van der Waals surface area contributed by atoms with Crippen LogP contribution in [0.3, 0.4) is 0 Å². The van der Waals surface area contributed by atoms with Gasteiger partial charge in [-0.3, -0.25) is 4.79 Å². The Morgan fingerprint density at radius 2 is 2.15 bits per heavy atom. The zero-order chi connectivity index (χ0) is 14.4. The van der Waals surface area contributed by atoms with Crippen LogP contribution in [0.25, 0.3) is 0 Å². The smallest absolute Gasteiger partial charge is 0.253 e. The molecule has 1 aromatic carbocycles. The van der Waals surface area contributed by atoms with Crippen molar-refractivity contribution < 1.29 is 4.79 Å². The summed E-state index contributed by atoms with van der Waals surface area (Å²) in [5, 5.41) is 9.36. The second-order valence-corrected chi connectivity index (χ2v) is 6.59. The van der Waals surface area contributed by atoms with Crippen molar-refractivity contribution in [3.05, 3.63) is 35.4 Å². The summed E-state index contributed by atoms with van der Waals surface area (Å²) in [5.41, 5.74) is 1.28. The number of likely N-dealkylation sites (tertiary alicyclic amines) is 1. The molecule has 0 aliphatic carbocycles. The number of rotatable bonds is 3. The predicted octanol–water partition coefficient (Wildman–Crippen LogP) is 3.31. The first-order valence-corrected chi connectivity index (χ1v) is 8.20. The molecule has 0 radical (unpaired) electrons. The molecule has 4 heteroatoms. The fourth-order valence-corrected chi connectivity index (χ4v) is 3.62. The van der Waals surface area contributed by atoms with Crippen LogP contribution in [-0.4, -0.2) is 34.9 Å². The predicted molar refractivity (Wildman–Crippen MR) is 82.8 cm³/mol. The topological polar surface area (TPSA) is 44.1 Å². The average Bonchev–Trinajstić information content (AvgIpc) is 2.73. The van der Waals surface area contributed by atoms with E-state index in [9.17, 15) is 4.79 Å². The number of hydrogen-bond acceptors (Lipinski definition) is 3. The molecule has 3 nitrogen and oxygen atoms in total. The lowest BCUT2D eigenvalue weighted by molar-refractivity contribution is 0.0763. The first kappa shape index (κ1) is 14.9. The number of carbonyl (C=O) groups excluding carboxylic acids is 1. The van der Waals surface area contributed by atoms with E-state index in [1.165, 1.54) is 12.8 Å². The summed E-state index contributed by atoms with van der Waals surface area (Å²) in [6, 6.07) is 9.02. The molecule has 0 bridgehead atoms. The molecular weight excluding hydrogens is 268 g/mol. The Morgan fingerprint density at radius 3 is 2.80 bits per heavy atom. The van der Waals surface area contributed by atoms with Gasteiger partial charge in [-0.1, -0.05) is 13.3 Å². The number of thioether (sulfide) groups is 1. The average molecular weight is 288 g/mol. The van der Waals surface area contributed by atoms with E-state index >= 15 is 0 Å². The molecule has 1 aliphatic heterocycles. The number of amides is 1. The summed E-state index contributed by atoms with van der Waals surface area (Å²) in [7, 11) is 0. The molecule has 1 unspecified atom stereocenters. The van der Waals surface area contributed by atoms with Gasteiger partial charge in [-0.25, -0.2) is 0 Å². The highest BCUT2D eigenvalue weighted by Crippen LogP contribution is 2.23. The molecule has 1 aromatic rings. The van der Waals surface area contributed by atoms with Crippen LogP contribution in [0, 0.1) is 11.3 Å². The van der Waals surface area contributed by atoms with Crippen molar-refractivity contribution in [2.45, 2.75) is 31.4 Å². The normalized spacial score (nSPS) is 19.2. The standard InChI is InChI=1S/C16H20N2OS/c1-2-20-15-5-3-4-10-18(12-15)16(19)14-8-6-13(11-17)7-9-14/h6-9,15H,2-5,10,12H2,1H3. The highest BCUT2D eigenvalue weighted by molar-refractivity contribution is 7.99. The SMILES string of the molecule is CCSC1CCCCN(C(=O)c2ccc(C#N)cc2)C1. The zero-order valence-corrected chi connectivity index (χ0v) is 12.7. The van der Waals surface area contributed by atoms with Crippen molar-refractivity contribution in [1.29, 1.82) is 5.26 Å². The van der Waals surface area contributed by atoms with E-state index < -0.39 is 0 Å². The van der Waals surface area contributed by atoms with Gasteiger partial charge in [-0.15, -0.1) is 0 Å². The Bertz CT molecular complexity index is 492. The lowest BCUT2D eigenvalue weighted by Gasteiger charge is -2.24. The number of carbonyl (C=O) groups is 1. The second kappa shape index (κ2) is 7.35. The summed E-state index contributed by atoms with van der Waals surface area (Å²) < 4.78 is 0. The third-order valence-electron chi connectivity index (χ3n) is 3.58. The largest absolute Gasteiger partial charge is 0.338 e. The van der Waals surface area contributed by atoms with Gasteiger partial charge in [0.25, 0.3) is 5.91 Å². The lowest BCUT2D eigenvalue weighted by atomic mass is 10.1. The monoisotopic (exact) mass is 288 g/mol. The molecule has 1 fully saturated rings. The number of nitrogens with zero attached hydrogens (tertiary/aromatic N) is 2. The maximum atomic E-state index is 12.5. The molecule has 1 aliphatic rings. The molecule has 0 spiro atoms. The highest BCUT2D eigenvalue weighted by Gasteiger charge is 2.22. The van der Waals surface area contributed by atoms with E-state index in [2.05, 4.69) is 13.0 Å². The van der Waals surface area contributed by atoms with E-state index in [4.69, 9.17) is 5.26 Å². The first-order chi connectivity index (χ1) is 9.74. The first-order valence-electron chi connectivity index (χ1n) is 7.15. The molecule has 106 valence electrons. The fraction of sp³-hybridized carbons (Fsp3) is 0.500. The number of nitriles is 1. The quantitative estimate of drug-likeness (QED) is 0.857. The van der Waals surface area contributed by atoms with Gasteiger partial charge in [0.15, 0.2) is 0 Å². The van der Waals surface area contributed by atoms with Gasteiger partial charge in [0, 0.05) is 23.9 Å². The Balaban J connectivity index is 2.07. The van der Waals surface area contributed by atoms with Crippen molar-refractivity contribution in [1.82, 2.24) is 4.90 Å². The van der Waals surface area contributed by atoms with E-state index in [0.717, 1.165) is 25.3 Å². The maximum absolute atomic E-state index is 12.5. The van der Waals surface area contributed by atoms with Crippen LogP contribution in [0.4, 0.5) is 0 Å². The maximum Gasteiger partial charge on any atom is 0.253 e. The zero-order valence-electron chi connectivity index (χ0n) is 11.8. The van der Waals surface area contributed by atoms with Crippen LogP contribution in [0.5, 0.6) is 0 Å². The Hall–Kier alpha value is -1.47. The van der Waals surface area contributed by atoms with Crippen LogP contribution in [0.2, 0.25) is 0 Å². The molecule has 1 amide bonds. The third kappa shape index (κ3) is 3.77. The van der Waals surface area contributed by atoms with E-state index in [1.54, 1.807) is 24.3 Å². The second-order valence-electron chi connectivity index (χ2n) is 5.01. The molecular formula is C16H20N2OS. The summed E-state index contributed by atoms with van der Waals surface area (Å²) in [6.07, 6.45) is 3.49. The van der Waals surface area contributed by atoms with Gasteiger partial charge in [-0.05, 0) is 42.9 Å². The van der Waals surface area contributed by atoms with E-state index in [-0.39, 0.29) is 5.91 Å².